The van der Waals surface area contributed by atoms with E-state index < -0.39 is 10.2 Å². The molecule has 1 aliphatic carbocycles. The van der Waals surface area contributed by atoms with Crippen molar-refractivity contribution < 1.29 is 17.9 Å². The molecule has 9 heteroatoms. The molecule has 2 aromatic rings. The Balaban J connectivity index is 1.29. The maximum Gasteiger partial charge on any atom is 0.301 e. The summed E-state index contributed by atoms with van der Waals surface area (Å²) in [7, 11) is -3.60. The third-order valence-corrected chi connectivity index (χ3v) is 7.18. The largest absolute Gasteiger partial charge is 0.460 e. The van der Waals surface area contributed by atoms with E-state index in [1.807, 2.05) is 12.1 Å². The monoisotopic (exact) mass is 428 g/mol. The number of amidine groups is 1. The first-order chi connectivity index (χ1) is 14.6. The Hall–Kier alpha value is -2.62. The van der Waals surface area contributed by atoms with Crippen LogP contribution in [-0.4, -0.2) is 45.0 Å². The second kappa shape index (κ2) is 7.90. The smallest absolute Gasteiger partial charge is 0.301 e. The lowest BCUT2D eigenvalue weighted by Gasteiger charge is -2.27. The molecule has 1 atom stereocenters. The molecular formula is C21H24N4O4S. The lowest BCUT2D eigenvalue weighted by atomic mass is 10.1. The van der Waals surface area contributed by atoms with Gasteiger partial charge in [-0.05, 0) is 42.2 Å². The Kier molecular flexibility index (Phi) is 5.10. The van der Waals surface area contributed by atoms with Gasteiger partial charge in [0, 0.05) is 24.3 Å². The zero-order valence-electron chi connectivity index (χ0n) is 16.5. The van der Waals surface area contributed by atoms with Crippen LogP contribution in [0.1, 0.15) is 29.2 Å². The van der Waals surface area contributed by atoms with Gasteiger partial charge in [-0.3, -0.25) is 4.72 Å². The van der Waals surface area contributed by atoms with E-state index in [0.29, 0.717) is 44.6 Å². The molecule has 0 unspecified atom stereocenters. The van der Waals surface area contributed by atoms with Crippen LogP contribution in [0.3, 0.4) is 0 Å². The van der Waals surface area contributed by atoms with Crippen LogP contribution in [0.4, 0.5) is 11.4 Å². The number of benzene rings is 2. The highest BCUT2D eigenvalue weighted by molar-refractivity contribution is 7.90. The van der Waals surface area contributed by atoms with Crippen molar-refractivity contribution in [3.63, 3.8) is 0 Å². The molecule has 0 radical (unpaired) electrons. The van der Waals surface area contributed by atoms with Gasteiger partial charge >= 0.3 is 10.2 Å². The molecular weight excluding hydrogens is 404 g/mol. The van der Waals surface area contributed by atoms with Crippen LogP contribution in [0.5, 0.6) is 0 Å². The number of hydrogen-bond acceptors (Lipinski definition) is 5. The van der Waals surface area contributed by atoms with Crippen molar-refractivity contribution in [1.29, 1.82) is 0 Å². The molecule has 0 saturated carbocycles. The normalized spacial score (nSPS) is 22.7. The quantitative estimate of drug-likeness (QED) is 0.781. The summed E-state index contributed by atoms with van der Waals surface area (Å²) in [6.45, 7) is 1.87. The lowest BCUT2D eigenvalue weighted by Crippen LogP contribution is -2.43. The molecule has 1 saturated heterocycles. The van der Waals surface area contributed by atoms with Crippen molar-refractivity contribution in [1.82, 2.24) is 4.31 Å². The maximum absolute atomic E-state index is 12.6. The molecule has 30 heavy (non-hydrogen) atoms. The summed E-state index contributed by atoms with van der Waals surface area (Å²) < 4.78 is 40.2. The van der Waals surface area contributed by atoms with Crippen LogP contribution in [0.2, 0.25) is 0 Å². The van der Waals surface area contributed by atoms with Crippen molar-refractivity contribution >= 4 is 27.6 Å². The lowest BCUT2D eigenvalue weighted by molar-refractivity contribution is 0.0733. The number of aliphatic imine (C=N–C) groups is 1. The van der Waals surface area contributed by atoms with Crippen LogP contribution in [-0.2, 0) is 32.7 Å². The van der Waals surface area contributed by atoms with Crippen LogP contribution in [0, 0.1) is 0 Å². The highest BCUT2D eigenvalue weighted by atomic mass is 32.2. The first-order valence-corrected chi connectivity index (χ1v) is 11.6. The van der Waals surface area contributed by atoms with Crippen LogP contribution < -0.4 is 10.0 Å². The number of hydrogen-bond donors (Lipinski definition) is 2. The second-order valence-electron chi connectivity index (χ2n) is 7.59. The molecule has 8 nitrogen and oxygen atoms in total. The zero-order valence-corrected chi connectivity index (χ0v) is 17.3. The Morgan fingerprint density at radius 2 is 1.93 bits per heavy atom. The molecule has 5 rings (SSSR count). The van der Waals surface area contributed by atoms with E-state index in [1.54, 1.807) is 12.1 Å². The predicted octanol–water partition coefficient (Wildman–Crippen LogP) is 2.66. The van der Waals surface area contributed by atoms with E-state index in [2.05, 4.69) is 28.2 Å². The van der Waals surface area contributed by atoms with Gasteiger partial charge in [-0.2, -0.15) is 12.7 Å². The maximum atomic E-state index is 12.6. The average Bonchev–Trinajstić information content (AvgIpc) is 3.17. The molecule has 0 aromatic heterocycles. The first-order valence-electron chi connectivity index (χ1n) is 10.1. The highest BCUT2D eigenvalue weighted by Gasteiger charge is 2.26. The van der Waals surface area contributed by atoms with Gasteiger partial charge in [0.15, 0.2) is 0 Å². The minimum atomic E-state index is -3.60. The standard InChI is InChI=1S/C21H24N4O4S/c26-30(27,25-9-11-28-12-10-25)24-17-6-8-19-16(13-17)14-29-21(22-19)23-20-7-5-15-3-1-2-4-18(15)20/h1-4,6,8,13,20,24H,5,7,9-12,14H2,(H,22,23)/t20-/m1/s1. The molecule has 3 aliphatic rings. The number of aryl methyl sites for hydroxylation is 1. The Morgan fingerprint density at radius 3 is 2.80 bits per heavy atom. The fourth-order valence-electron chi connectivity index (χ4n) is 4.08. The Labute approximate surface area is 176 Å². The van der Waals surface area contributed by atoms with Crippen LogP contribution in [0.15, 0.2) is 47.5 Å². The number of anilines is 2. The predicted molar refractivity (Wildman–Crippen MR) is 115 cm³/mol. The molecule has 1 fully saturated rings. The van der Waals surface area contributed by atoms with Gasteiger partial charge in [-0.25, -0.2) is 4.99 Å². The number of ether oxygens (including phenoxy) is 2. The van der Waals surface area contributed by atoms with E-state index in [0.717, 1.165) is 24.1 Å². The second-order valence-corrected chi connectivity index (χ2v) is 9.26. The van der Waals surface area contributed by atoms with Gasteiger partial charge in [-0.15, -0.1) is 0 Å². The summed E-state index contributed by atoms with van der Waals surface area (Å²) in [6, 6.07) is 14.4. The van der Waals surface area contributed by atoms with Gasteiger partial charge in [0.25, 0.3) is 6.02 Å². The topological polar surface area (TPSA) is 92.3 Å². The number of morpholine rings is 1. The van der Waals surface area contributed by atoms with Gasteiger partial charge in [0.05, 0.1) is 24.9 Å². The molecule has 2 aliphatic heterocycles. The Bertz CT molecular complexity index is 1080. The summed E-state index contributed by atoms with van der Waals surface area (Å²) in [4.78, 5) is 4.77. The van der Waals surface area contributed by atoms with E-state index in [4.69, 9.17) is 14.5 Å². The van der Waals surface area contributed by atoms with E-state index in [-0.39, 0.29) is 6.04 Å². The minimum absolute atomic E-state index is 0.102. The molecule has 0 spiro atoms. The van der Waals surface area contributed by atoms with Gasteiger partial charge < -0.3 is 14.8 Å². The molecule has 2 aromatic carbocycles. The van der Waals surface area contributed by atoms with Crippen molar-refractivity contribution in [2.45, 2.75) is 25.5 Å². The summed E-state index contributed by atoms with van der Waals surface area (Å²) in [5, 5.41) is 3.23. The van der Waals surface area contributed by atoms with Gasteiger partial charge in [0.1, 0.15) is 6.61 Å². The van der Waals surface area contributed by atoms with Crippen molar-refractivity contribution in [3.8, 4) is 0 Å². The number of nitrogens with one attached hydrogen (secondary N) is 2. The van der Waals surface area contributed by atoms with Crippen molar-refractivity contribution in [2.75, 3.05) is 36.3 Å². The van der Waals surface area contributed by atoms with Gasteiger partial charge in [0.2, 0.25) is 0 Å². The minimum Gasteiger partial charge on any atom is -0.460 e. The fourth-order valence-corrected chi connectivity index (χ4v) is 5.26. The Morgan fingerprint density at radius 1 is 1.10 bits per heavy atom. The highest BCUT2D eigenvalue weighted by Crippen LogP contribution is 2.35. The summed E-state index contributed by atoms with van der Waals surface area (Å²) in [5.74, 6) is 0. The van der Waals surface area contributed by atoms with Gasteiger partial charge in [-0.1, -0.05) is 24.3 Å². The number of rotatable bonds is 4. The van der Waals surface area contributed by atoms with E-state index in [9.17, 15) is 8.42 Å². The van der Waals surface area contributed by atoms with Crippen LogP contribution in [0.25, 0.3) is 0 Å². The SMILES string of the molecule is O=S(=O)(Nc1ccc2c(c1)COC(=N[C@@H]1CCc3ccccc31)N2)N1CCOCC1. The summed E-state index contributed by atoms with van der Waals surface area (Å²) in [5.41, 5.74) is 4.87. The summed E-state index contributed by atoms with van der Waals surface area (Å²) in [6.07, 6.45) is 2.00. The summed E-state index contributed by atoms with van der Waals surface area (Å²) >= 11 is 0. The first kappa shape index (κ1) is 19.3. The van der Waals surface area contributed by atoms with E-state index >= 15 is 0 Å². The van der Waals surface area contributed by atoms with Crippen molar-refractivity contribution in [3.05, 3.63) is 59.2 Å². The third-order valence-electron chi connectivity index (χ3n) is 5.64. The number of nitrogens with zero attached hydrogens (tertiary/aromatic N) is 2. The molecule has 2 N–H and O–H groups in total. The molecule has 0 amide bonds. The van der Waals surface area contributed by atoms with Crippen LogP contribution >= 0.6 is 0 Å². The van der Waals surface area contributed by atoms with E-state index in [1.165, 1.54) is 15.4 Å². The average molecular weight is 429 g/mol. The molecule has 0 bridgehead atoms. The fraction of sp³-hybridized carbons (Fsp3) is 0.381. The third kappa shape index (κ3) is 3.88. The molecule has 158 valence electrons. The zero-order chi connectivity index (χ0) is 20.6. The number of fused-ring (bicyclic) bond motifs is 2. The molecule has 2 heterocycles. The van der Waals surface area contributed by atoms with Crippen molar-refractivity contribution in [2.24, 2.45) is 4.99 Å².